The van der Waals surface area contributed by atoms with Crippen molar-refractivity contribution in [2.75, 3.05) is 5.32 Å². The van der Waals surface area contributed by atoms with Crippen molar-refractivity contribution in [1.29, 1.82) is 0 Å². The largest absolute Gasteiger partial charge is 0.478 e. The number of carbonyl (C=O) groups is 1. The molecule has 0 spiro atoms. The maximum atomic E-state index is 10.8. The van der Waals surface area contributed by atoms with Crippen LogP contribution in [0.25, 0.3) is 0 Å². The van der Waals surface area contributed by atoms with E-state index in [1.807, 2.05) is 0 Å². The van der Waals surface area contributed by atoms with E-state index in [1.54, 1.807) is 23.5 Å². The zero-order chi connectivity index (χ0) is 13.1. The average molecular weight is 282 g/mol. The highest BCUT2D eigenvalue weighted by atomic mass is 35.5. The number of carboxylic acids is 1. The summed E-state index contributed by atoms with van der Waals surface area (Å²) in [5.74, 6) is -1.01. The molecular formula is C13H12ClNO2S. The molecule has 94 valence electrons. The molecule has 1 heterocycles. The van der Waals surface area contributed by atoms with Gasteiger partial charge >= 0.3 is 5.97 Å². The fourth-order valence-corrected chi connectivity index (χ4v) is 2.66. The first-order valence-corrected chi connectivity index (χ1v) is 6.58. The second-order valence-electron chi connectivity index (χ2n) is 3.87. The quantitative estimate of drug-likeness (QED) is 0.890. The van der Waals surface area contributed by atoms with Crippen LogP contribution in [-0.2, 0) is 6.54 Å². The summed E-state index contributed by atoms with van der Waals surface area (Å²) in [6.45, 7) is 2.77. The Kier molecular flexibility index (Phi) is 3.89. The molecule has 0 saturated carbocycles. The number of hydrogen-bond acceptors (Lipinski definition) is 3. The smallest absolute Gasteiger partial charge is 0.337 e. The van der Waals surface area contributed by atoms with Crippen molar-refractivity contribution in [2.45, 2.75) is 13.5 Å². The van der Waals surface area contributed by atoms with Gasteiger partial charge in [-0.15, -0.1) is 11.3 Å². The molecule has 3 nitrogen and oxygen atoms in total. The van der Waals surface area contributed by atoms with Gasteiger partial charge in [0.05, 0.1) is 10.6 Å². The van der Waals surface area contributed by atoms with Crippen LogP contribution in [0.1, 0.15) is 20.1 Å². The van der Waals surface area contributed by atoms with E-state index in [9.17, 15) is 4.79 Å². The van der Waals surface area contributed by atoms with E-state index in [-0.39, 0.29) is 10.6 Å². The number of halogens is 1. The van der Waals surface area contributed by atoms with Crippen molar-refractivity contribution in [3.05, 3.63) is 50.7 Å². The summed E-state index contributed by atoms with van der Waals surface area (Å²) < 4.78 is 0. The number of rotatable bonds is 4. The van der Waals surface area contributed by atoms with Gasteiger partial charge in [-0.05, 0) is 37.3 Å². The van der Waals surface area contributed by atoms with Gasteiger partial charge in [-0.2, -0.15) is 0 Å². The normalized spacial score (nSPS) is 10.3. The lowest BCUT2D eigenvalue weighted by Crippen LogP contribution is -2.00. The molecule has 1 aromatic heterocycles. The van der Waals surface area contributed by atoms with Crippen molar-refractivity contribution in [1.82, 2.24) is 0 Å². The molecule has 0 aliphatic heterocycles. The highest BCUT2D eigenvalue weighted by Crippen LogP contribution is 2.22. The first-order valence-electron chi connectivity index (χ1n) is 5.38. The molecule has 0 bridgehead atoms. The summed E-state index contributed by atoms with van der Waals surface area (Å²) in [6, 6.07) is 9.00. The minimum Gasteiger partial charge on any atom is -0.478 e. The van der Waals surface area contributed by atoms with E-state index in [1.165, 1.54) is 15.8 Å². The second-order valence-corrected chi connectivity index (χ2v) is 5.65. The number of nitrogens with one attached hydrogen (secondary N) is 1. The molecule has 0 unspecified atom stereocenters. The first-order chi connectivity index (χ1) is 8.56. The lowest BCUT2D eigenvalue weighted by Gasteiger charge is -2.06. The van der Waals surface area contributed by atoms with Gasteiger partial charge in [0.15, 0.2) is 0 Å². The molecule has 0 atom stereocenters. The molecular weight excluding hydrogens is 270 g/mol. The summed E-state index contributed by atoms with van der Waals surface area (Å²) in [5, 5.41) is 12.3. The van der Waals surface area contributed by atoms with Crippen molar-refractivity contribution in [2.24, 2.45) is 0 Å². The van der Waals surface area contributed by atoms with Crippen LogP contribution in [0, 0.1) is 6.92 Å². The minimum atomic E-state index is -1.01. The number of aryl methyl sites for hydroxylation is 1. The van der Waals surface area contributed by atoms with Crippen molar-refractivity contribution >= 4 is 34.6 Å². The molecule has 2 N–H and O–H groups in total. The van der Waals surface area contributed by atoms with Crippen LogP contribution >= 0.6 is 22.9 Å². The number of thiophene rings is 1. The molecule has 0 amide bonds. The van der Waals surface area contributed by atoms with Gasteiger partial charge in [0.2, 0.25) is 0 Å². The highest BCUT2D eigenvalue weighted by molar-refractivity contribution is 7.11. The summed E-state index contributed by atoms with van der Waals surface area (Å²) in [5.41, 5.74) is 0.935. The fraction of sp³-hybridized carbons (Fsp3) is 0.154. The van der Waals surface area contributed by atoms with Crippen LogP contribution < -0.4 is 5.32 Å². The van der Waals surface area contributed by atoms with Crippen LogP contribution in [-0.4, -0.2) is 11.1 Å². The highest BCUT2D eigenvalue weighted by Gasteiger charge is 2.08. The monoisotopic (exact) mass is 281 g/mol. The van der Waals surface area contributed by atoms with E-state index in [0.29, 0.717) is 6.54 Å². The molecule has 0 aliphatic rings. The SMILES string of the molecule is Cc1ccc(CNc2ccc(C(=O)O)c(Cl)c2)s1. The summed E-state index contributed by atoms with van der Waals surface area (Å²) in [7, 11) is 0. The van der Waals surface area contributed by atoms with E-state index in [0.717, 1.165) is 5.69 Å². The number of aromatic carboxylic acids is 1. The van der Waals surface area contributed by atoms with Gasteiger partial charge in [0.25, 0.3) is 0 Å². The number of anilines is 1. The second kappa shape index (κ2) is 5.42. The molecule has 0 fully saturated rings. The molecule has 5 heteroatoms. The maximum absolute atomic E-state index is 10.8. The minimum absolute atomic E-state index is 0.120. The van der Waals surface area contributed by atoms with Gasteiger partial charge in [-0.25, -0.2) is 4.79 Å². The Morgan fingerprint density at radius 2 is 2.17 bits per heavy atom. The topological polar surface area (TPSA) is 49.3 Å². The third-order valence-corrected chi connectivity index (χ3v) is 3.78. The van der Waals surface area contributed by atoms with Crippen molar-refractivity contribution in [3.8, 4) is 0 Å². The standard InChI is InChI=1S/C13H12ClNO2S/c1-8-2-4-10(18-8)7-15-9-3-5-11(13(16)17)12(14)6-9/h2-6,15H,7H2,1H3,(H,16,17). The summed E-state index contributed by atoms with van der Waals surface area (Å²) >= 11 is 7.62. The predicted molar refractivity (Wildman–Crippen MR) is 74.8 cm³/mol. The van der Waals surface area contributed by atoms with Gasteiger partial charge in [-0.3, -0.25) is 0 Å². The summed E-state index contributed by atoms with van der Waals surface area (Å²) in [4.78, 5) is 13.3. The maximum Gasteiger partial charge on any atom is 0.337 e. The Bertz CT molecular complexity index is 580. The third-order valence-electron chi connectivity index (χ3n) is 2.46. The van der Waals surface area contributed by atoms with Crippen molar-refractivity contribution in [3.63, 3.8) is 0 Å². The molecule has 0 saturated heterocycles. The lowest BCUT2D eigenvalue weighted by atomic mass is 10.2. The summed E-state index contributed by atoms with van der Waals surface area (Å²) in [6.07, 6.45) is 0. The Morgan fingerprint density at radius 1 is 1.39 bits per heavy atom. The zero-order valence-electron chi connectivity index (χ0n) is 9.74. The molecule has 1 aromatic carbocycles. The van der Waals surface area contributed by atoms with Crippen LogP contribution in [0.3, 0.4) is 0 Å². The van der Waals surface area contributed by atoms with E-state index in [2.05, 4.69) is 24.4 Å². The molecule has 18 heavy (non-hydrogen) atoms. The fourth-order valence-electron chi connectivity index (χ4n) is 1.57. The Labute approximate surface area is 114 Å². The van der Waals surface area contributed by atoms with Crippen LogP contribution in [0.15, 0.2) is 30.3 Å². The number of benzene rings is 1. The predicted octanol–water partition coefficient (Wildman–Crippen LogP) is 4.02. The Morgan fingerprint density at radius 3 is 2.72 bits per heavy atom. The third kappa shape index (κ3) is 3.03. The van der Waals surface area contributed by atoms with Crippen molar-refractivity contribution < 1.29 is 9.90 Å². The lowest BCUT2D eigenvalue weighted by molar-refractivity contribution is 0.0697. The Balaban J connectivity index is 2.06. The van der Waals surface area contributed by atoms with Gasteiger partial charge in [0, 0.05) is 22.0 Å². The average Bonchev–Trinajstić information content (AvgIpc) is 2.72. The number of carboxylic acid groups (broad SMARTS) is 1. The Hall–Kier alpha value is -1.52. The van der Waals surface area contributed by atoms with Gasteiger partial charge in [0.1, 0.15) is 0 Å². The molecule has 0 radical (unpaired) electrons. The van der Waals surface area contributed by atoms with Gasteiger partial charge in [-0.1, -0.05) is 11.6 Å². The van der Waals surface area contributed by atoms with Crippen LogP contribution in [0.5, 0.6) is 0 Å². The molecule has 2 rings (SSSR count). The first kappa shape index (κ1) is 12.9. The van der Waals surface area contributed by atoms with E-state index in [4.69, 9.17) is 16.7 Å². The molecule has 2 aromatic rings. The van der Waals surface area contributed by atoms with E-state index >= 15 is 0 Å². The van der Waals surface area contributed by atoms with Crippen LogP contribution in [0.4, 0.5) is 5.69 Å². The van der Waals surface area contributed by atoms with E-state index < -0.39 is 5.97 Å². The van der Waals surface area contributed by atoms with Crippen LogP contribution in [0.2, 0.25) is 5.02 Å². The molecule has 0 aliphatic carbocycles. The zero-order valence-corrected chi connectivity index (χ0v) is 11.3. The van der Waals surface area contributed by atoms with Gasteiger partial charge < -0.3 is 10.4 Å². The number of hydrogen-bond donors (Lipinski definition) is 2.